The number of rotatable bonds is 2. The number of halogens is 1. The van der Waals surface area contributed by atoms with E-state index in [9.17, 15) is 4.79 Å². The van der Waals surface area contributed by atoms with Crippen LogP contribution in [0.2, 0.25) is 0 Å². The third-order valence-electron chi connectivity index (χ3n) is 2.32. The topological polar surface area (TPSA) is 52.6 Å². The lowest BCUT2D eigenvalue weighted by Gasteiger charge is -2.25. The van der Waals surface area contributed by atoms with Crippen LogP contribution >= 0.6 is 12.4 Å². The van der Waals surface area contributed by atoms with Gasteiger partial charge in [0.2, 0.25) is 0 Å². The molecule has 2 N–H and O–H groups in total. The molecule has 1 fully saturated rings. The minimum Gasteiger partial charge on any atom is -0.465 e. The van der Waals surface area contributed by atoms with Crippen LogP contribution in [0.15, 0.2) is 0 Å². The third kappa shape index (κ3) is 4.33. The van der Waals surface area contributed by atoms with Crippen molar-refractivity contribution in [2.75, 3.05) is 26.7 Å². The molecule has 1 heterocycles. The van der Waals surface area contributed by atoms with Crippen LogP contribution in [0, 0.1) is 5.92 Å². The zero-order valence-corrected chi connectivity index (χ0v) is 8.64. The summed E-state index contributed by atoms with van der Waals surface area (Å²) in [6, 6.07) is 0. The van der Waals surface area contributed by atoms with Crippen molar-refractivity contribution in [2.45, 2.75) is 12.8 Å². The number of carbonyl (C=O) groups is 1. The summed E-state index contributed by atoms with van der Waals surface area (Å²) in [7, 11) is 1.63. The fraction of sp³-hybridized carbons (Fsp3) is 0.875. The summed E-state index contributed by atoms with van der Waals surface area (Å²) in [4.78, 5) is 11.9. The molecule has 0 aromatic rings. The van der Waals surface area contributed by atoms with Crippen LogP contribution in [0.5, 0.6) is 0 Å². The Labute approximate surface area is 84.7 Å². The van der Waals surface area contributed by atoms with Gasteiger partial charge in [-0.25, -0.2) is 4.79 Å². The van der Waals surface area contributed by atoms with E-state index in [-0.39, 0.29) is 12.4 Å². The van der Waals surface area contributed by atoms with Gasteiger partial charge in [0.15, 0.2) is 0 Å². The summed E-state index contributed by atoms with van der Waals surface area (Å²) in [5, 5.41) is 11.9. The Morgan fingerprint density at radius 3 is 2.54 bits per heavy atom. The van der Waals surface area contributed by atoms with Crippen molar-refractivity contribution in [1.29, 1.82) is 0 Å². The summed E-state index contributed by atoms with van der Waals surface area (Å²) in [6.45, 7) is 2.73. The third-order valence-corrected chi connectivity index (χ3v) is 2.32. The molecule has 1 saturated heterocycles. The predicted octanol–water partition coefficient (Wildman–Crippen LogP) is 1.02. The molecule has 1 aliphatic heterocycles. The van der Waals surface area contributed by atoms with E-state index in [1.54, 1.807) is 7.05 Å². The maximum absolute atomic E-state index is 10.5. The Morgan fingerprint density at radius 1 is 1.54 bits per heavy atom. The largest absolute Gasteiger partial charge is 0.465 e. The van der Waals surface area contributed by atoms with Crippen LogP contribution < -0.4 is 5.32 Å². The van der Waals surface area contributed by atoms with E-state index in [4.69, 9.17) is 5.11 Å². The Kier molecular flexibility index (Phi) is 5.82. The molecule has 0 aliphatic carbocycles. The predicted molar refractivity (Wildman–Crippen MR) is 53.5 cm³/mol. The lowest BCUT2D eigenvalue weighted by Crippen LogP contribution is -2.36. The molecule has 1 aliphatic rings. The first-order valence-corrected chi connectivity index (χ1v) is 4.35. The molecule has 0 spiro atoms. The van der Waals surface area contributed by atoms with Gasteiger partial charge in [-0.3, -0.25) is 0 Å². The van der Waals surface area contributed by atoms with E-state index >= 15 is 0 Å². The minimum absolute atomic E-state index is 0. The molecule has 4 nitrogen and oxygen atoms in total. The Bertz CT molecular complexity index is 160. The van der Waals surface area contributed by atoms with Gasteiger partial charge in [-0.05, 0) is 31.8 Å². The summed E-state index contributed by atoms with van der Waals surface area (Å²) < 4.78 is 0. The molecule has 1 amide bonds. The van der Waals surface area contributed by atoms with Crippen molar-refractivity contribution in [3.63, 3.8) is 0 Å². The van der Waals surface area contributed by atoms with Gasteiger partial charge in [-0.2, -0.15) is 0 Å². The lowest BCUT2D eigenvalue weighted by molar-refractivity contribution is 0.144. The van der Waals surface area contributed by atoms with Crippen molar-refractivity contribution in [1.82, 2.24) is 10.2 Å². The standard InChI is InChI=1S/C8H16N2O2.ClH/c1-10(8(11)12)6-7-2-4-9-5-3-7;/h7,9H,2-6H2,1H3,(H,11,12);1H. The fourth-order valence-corrected chi connectivity index (χ4v) is 1.53. The first kappa shape index (κ1) is 12.5. The molecule has 0 atom stereocenters. The molecule has 0 radical (unpaired) electrons. The number of carboxylic acid groups (broad SMARTS) is 1. The monoisotopic (exact) mass is 208 g/mol. The molecule has 0 unspecified atom stereocenters. The second-order valence-electron chi connectivity index (χ2n) is 3.36. The van der Waals surface area contributed by atoms with Crippen LogP contribution in [-0.4, -0.2) is 42.8 Å². The summed E-state index contributed by atoms with van der Waals surface area (Å²) in [5.41, 5.74) is 0. The number of nitrogens with one attached hydrogen (secondary N) is 1. The van der Waals surface area contributed by atoms with Crippen LogP contribution in [0.25, 0.3) is 0 Å². The quantitative estimate of drug-likeness (QED) is 0.713. The van der Waals surface area contributed by atoms with Crippen molar-refractivity contribution < 1.29 is 9.90 Å². The van der Waals surface area contributed by atoms with Crippen molar-refractivity contribution in [2.24, 2.45) is 5.92 Å². The highest BCUT2D eigenvalue weighted by molar-refractivity contribution is 5.85. The fourth-order valence-electron chi connectivity index (χ4n) is 1.53. The molecule has 78 valence electrons. The smallest absolute Gasteiger partial charge is 0.407 e. The highest BCUT2D eigenvalue weighted by Gasteiger charge is 2.16. The van der Waals surface area contributed by atoms with Gasteiger partial charge in [0.05, 0.1) is 0 Å². The summed E-state index contributed by atoms with van der Waals surface area (Å²) in [5.74, 6) is 0.548. The molecule has 0 saturated carbocycles. The van der Waals surface area contributed by atoms with Crippen molar-refractivity contribution >= 4 is 18.5 Å². The first-order valence-electron chi connectivity index (χ1n) is 4.35. The van der Waals surface area contributed by atoms with Crippen LogP contribution in [-0.2, 0) is 0 Å². The maximum Gasteiger partial charge on any atom is 0.407 e. The molecule has 0 bridgehead atoms. The molecule has 1 rings (SSSR count). The van der Waals surface area contributed by atoms with Crippen LogP contribution in [0.3, 0.4) is 0 Å². The van der Waals surface area contributed by atoms with Crippen molar-refractivity contribution in [3.8, 4) is 0 Å². The van der Waals surface area contributed by atoms with E-state index in [2.05, 4.69) is 5.32 Å². The Morgan fingerprint density at radius 2 is 2.08 bits per heavy atom. The second-order valence-corrected chi connectivity index (χ2v) is 3.36. The molecular weight excluding hydrogens is 192 g/mol. The number of hydrogen-bond donors (Lipinski definition) is 2. The number of hydrogen-bond acceptors (Lipinski definition) is 2. The zero-order chi connectivity index (χ0) is 8.97. The average molecular weight is 209 g/mol. The van der Waals surface area contributed by atoms with E-state index in [1.807, 2.05) is 0 Å². The molecule has 0 aromatic carbocycles. The Balaban J connectivity index is 0.00000144. The maximum atomic E-state index is 10.5. The van der Waals surface area contributed by atoms with Crippen LogP contribution in [0.1, 0.15) is 12.8 Å². The van der Waals surface area contributed by atoms with Crippen LogP contribution in [0.4, 0.5) is 4.79 Å². The van der Waals surface area contributed by atoms with Gasteiger partial charge in [0.1, 0.15) is 0 Å². The molecule has 0 aromatic heterocycles. The van der Waals surface area contributed by atoms with Gasteiger partial charge >= 0.3 is 6.09 Å². The first-order chi connectivity index (χ1) is 5.70. The van der Waals surface area contributed by atoms with Gasteiger partial charge in [0.25, 0.3) is 0 Å². The van der Waals surface area contributed by atoms with E-state index < -0.39 is 6.09 Å². The number of nitrogens with zero attached hydrogens (tertiary/aromatic N) is 1. The SMILES string of the molecule is CN(CC1CCNCC1)C(=O)O.Cl. The van der Waals surface area contributed by atoms with Gasteiger partial charge in [-0.15, -0.1) is 12.4 Å². The van der Waals surface area contributed by atoms with Crippen molar-refractivity contribution in [3.05, 3.63) is 0 Å². The zero-order valence-electron chi connectivity index (χ0n) is 7.82. The normalized spacial score (nSPS) is 17.6. The van der Waals surface area contributed by atoms with E-state index in [0.29, 0.717) is 12.5 Å². The average Bonchev–Trinajstić information content (AvgIpc) is 2.06. The summed E-state index contributed by atoms with van der Waals surface area (Å²) in [6.07, 6.45) is 1.36. The van der Waals surface area contributed by atoms with E-state index in [1.165, 1.54) is 4.90 Å². The summed E-state index contributed by atoms with van der Waals surface area (Å²) >= 11 is 0. The van der Waals surface area contributed by atoms with E-state index in [0.717, 1.165) is 25.9 Å². The molecule has 5 heteroatoms. The number of amides is 1. The van der Waals surface area contributed by atoms with Gasteiger partial charge < -0.3 is 15.3 Å². The highest BCUT2D eigenvalue weighted by Crippen LogP contribution is 2.12. The highest BCUT2D eigenvalue weighted by atomic mass is 35.5. The van der Waals surface area contributed by atoms with Gasteiger partial charge in [0, 0.05) is 13.6 Å². The second kappa shape index (κ2) is 6.05. The lowest BCUT2D eigenvalue weighted by atomic mass is 9.98. The minimum atomic E-state index is -0.825. The Hall–Kier alpha value is -0.480. The molecular formula is C8H17ClN2O2. The van der Waals surface area contributed by atoms with Gasteiger partial charge in [-0.1, -0.05) is 0 Å². The number of piperidine rings is 1. The molecule has 13 heavy (non-hydrogen) atoms.